The van der Waals surface area contributed by atoms with Crippen molar-refractivity contribution < 1.29 is 18.3 Å². The maximum atomic E-state index is 12.2. The molecule has 1 aromatic rings. The molecule has 0 amide bonds. The highest BCUT2D eigenvalue weighted by Gasteiger charge is 2.33. The Morgan fingerprint density at radius 2 is 2.28 bits per heavy atom. The van der Waals surface area contributed by atoms with Gasteiger partial charge in [-0.15, -0.1) is 0 Å². The van der Waals surface area contributed by atoms with Crippen molar-refractivity contribution in [2.24, 2.45) is 13.0 Å². The first kappa shape index (κ1) is 13.0. The van der Waals surface area contributed by atoms with Crippen molar-refractivity contribution in [2.75, 3.05) is 13.1 Å². The topological polar surface area (TPSA) is 92.5 Å². The summed E-state index contributed by atoms with van der Waals surface area (Å²) in [6.45, 7) is 0.396. The van der Waals surface area contributed by atoms with Crippen molar-refractivity contribution in [3.63, 3.8) is 0 Å². The van der Waals surface area contributed by atoms with E-state index >= 15 is 0 Å². The fourth-order valence-electron chi connectivity index (χ4n) is 2.04. The predicted octanol–water partition coefficient (Wildman–Crippen LogP) is -0.0946. The Kier molecular flexibility index (Phi) is 3.40. The number of hydrogen-bond donors (Lipinski definition) is 1. The number of nitrogens with zero attached hydrogens (tertiary/aromatic N) is 3. The lowest BCUT2D eigenvalue weighted by molar-refractivity contribution is -0.142. The second-order valence-electron chi connectivity index (χ2n) is 4.39. The van der Waals surface area contributed by atoms with Gasteiger partial charge in [0.15, 0.2) is 0 Å². The molecule has 7 nitrogen and oxygen atoms in total. The number of carboxylic acids is 1. The van der Waals surface area contributed by atoms with Gasteiger partial charge >= 0.3 is 5.97 Å². The maximum absolute atomic E-state index is 12.2. The molecule has 1 aliphatic rings. The summed E-state index contributed by atoms with van der Waals surface area (Å²) in [6.07, 6.45) is 3.78. The fraction of sp³-hybridized carbons (Fsp3) is 0.600. The molecule has 1 saturated heterocycles. The quantitative estimate of drug-likeness (QED) is 0.830. The third kappa shape index (κ3) is 2.39. The van der Waals surface area contributed by atoms with Crippen LogP contribution in [0.3, 0.4) is 0 Å². The second kappa shape index (κ2) is 4.69. The van der Waals surface area contributed by atoms with Gasteiger partial charge in [-0.25, -0.2) is 8.42 Å². The molecular formula is C10H15N3O4S. The lowest BCUT2D eigenvalue weighted by atomic mass is 10.0. The van der Waals surface area contributed by atoms with Crippen molar-refractivity contribution in [1.82, 2.24) is 14.1 Å². The van der Waals surface area contributed by atoms with Crippen molar-refractivity contribution in [1.29, 1.82) is 0 Å². The molecule has 8 heteroatoms. The summed E-state index contributed by atoms with van der Waals surface area (Å²) >= 11 is 0. The minimum absolute atomic E-state index is 0.0343. The number of aliphatic carboxylic acids is 1. The number of aryl methyl sites for hydroxylation is 1. The average molecular weight is 273 g/mol. The van der Waals surface area contributed by atoms with E-state index in [0.717, 1.165) is 0 Å². The molecule has 1 fully saturated rings. The van der Waals surface area contributed by atoms with Crippen LogP contribution in [0.1, 0.15) is 12.8 Å². The van der Waals surface area contributed by atoms with E-state index in [0.29, 0.717) is 19.4 Å². The van der Waals surface area contributed by atoms with Crippen LogP contribution in [0.4, 0.5) is 0 Å². The van der Waals surface area contributed by atoms with E-state index in [-0.39, 0.29) is 11.4 Å². The van der Waals surface area contributed by atoms with Crippen molar-refractivity contribution in [3.8, 4) is 0 Å². The smallest absolute Gasteiger partial charge is 0.307 e. The largest absolute Gasteiger partial charge is 0.481 e. The Balaban J connectivity index is 2.22. The molecule has 2 heterocycles. The predicted molar refractivity (Wildman–Crippen MR) is 62.3 cm³/mol. The minimum atomic E-state index is -3.62. The lowest BCUT2D eigenvalue weighted by Crippen LogP contribution is -2.42. The first-order chi connectivity index (χ1) is 8.41. The van der Waals surface area contributed by atoms with Gasteiger partial charge in [-0.05, 0) is 12.8 Å². The van der Waals surface area contributed by atoms with Gasteiger partial charge < -0.3 is 5.11 Å². The molecule has 0 bridgehead atoms. The molecule has 1 atom stereocenters. The van der Waals surface area contributed by atoms with Crippen LogP contribution in [0.25, 0.3) is 0 Å². The van der Waals surface area contributed by atoms with Crippen LogP contribution in [-0.2, 0) is 21.9 Å². The maximum Gasteiger partial charge on any atom is 0.307 e. The van der Waals surface area contributed by atoms with Crippen molar-refractivity contribution >= 4 is 16.0 Å². The molecule has 0 radical (unpaired) electrons. The highest BCUT2D eigenvalue weighted by atomic mass is 32.2. The molecule has 2 rings (SSSR count). The van der Waals surface area contributed by atoms with Crippen LogP contribution in [0.2, 0.25) is 0 Å². The number of aromatic nitrogens is 2. The first-order valence-corrected chi connectivity index (χ1v) is 7.07. The van der Waals surface area contributed by atoms with E-state index in [1.165, 1.54) is 21.4 Å². The second-order valence-corrected chi connectivity index (χ2v) is 6.33. The van der Waals surface area contributed by atoms with Crippen LogP contribution in [0, 0.1) is 5.92 Å². The molecule has 0 aromatic carbocycles. The Morgan fingerprint density at radius 3 is 2.83 bits per heavy atom. The first-order valence-electron chi connectivity index (χ1n) is 5.63. The summed E-state index contributed by atoms with van der Waals surface area (Å²) in [5, 5.41) is 12.8. The van der Waals surface area contributed by atoms with E-state index in [1.807, 2.05) is 0 Å². The van der Waals surface area contributed by atoms with Crippen molar-refractivity contribution in [3.05, 3.63) is 12.4 Å². The van der Waals surface area contributed by atoms with E-state index in [4.69, 9.17) is 5.11 Å². The highest BCUT2D eigenvalue weighted by molar-refractivity contribution is 7.89. The number of sulfonamides is 1. The zero-order valence-corrected chi connectivity index (χ0v) is 10.8. The normalized spacial score (nSPS) is 21.9. The van der Waals surface area contributed by atoms with Gasteiger partial charge in [0.05, 0.1) is 12.1 Å². The van der Waals surface area contributed by atoms with E-state index in [1.54, 1.807) is 7.05 Å². The Hall–Kier alpha value is -1.41. The third-order valence-electron chi connectivity index (χ3n) is 3.05. The fourth-order valence-corrected chi connectivity index (χ4v) is 3.55. The van der Waals surface area contributed by atoms with Gasteiger partial charge in [-0.3, -0.25) is 9.48 Å². The summed E-state index contributed by atoms with van der Waals surface area (Å²) in [5.41, 5.74) is 0. The zero-order chi connectivity index (χ0) is 13.3. The summed E-state index contributed by atoms with van der Waals surface area (Å²) in [6, 6.07) is 0. The molecule has 100 valence electrons. The Labute approximate surface area is 105 Å². The molecule has 1 aliphatic heterocycles. The zero-order valence-electron chi connectivity index (χ0n) is 9.98. The van der Waals surface area contributed by atoms with Crippen LogP contribution < -0.4 is 0 Å². The molecule has 18 heavy (non-hydrogen) atoms. The molecule has 0 aliphatic carbocycles. The van der Waals surface area contributed by atoms with Gasteiger partial charge in [0.1, 0.15) is 4.90 Å². The lowest BCUT2D eigenvalue weighted by Gasteiger charge is -2.29. The van der Waals surface area contributed by atoms with Gasteiger partial charge in [-0.2, -0.15) is 9.40 Å². The minimum Gasteiger partial charge on any atom is -0.481 e. The van der Waals surface area contributed by atoms with Crippen LogP contribution in [0.15, 0.2) is 17.3 Å². The monoisotopic (exact) mass is 273 g/mol. The average Bonchev–Trinajstić information content (AvgIpc) is 2.77. The standard InChI is InChI=1S/C10H15N3O4S/c1-12-7-9(5-11-12)18(16,17)13-4-2-3-8(6-13)10(14)15/h5,7-8H,2-4,6H2,1H3,(H,14,15)/t8-/m1/s1. The molecule has 1 aromatic heterocycles. The van der Waals surface area contributed by atoms with Crippen molar-refractivity contribution in [2.45, 2.75) is 17.7 Å². The molecular weight excluding hydrogens is 258 g/mol. The summed E-state index contributed by atoms with van der Waals surface area (Å²) < 4.78 is 27.1. The third-order valence-corrected chi connectivity index (χ3v) is 4.87. The number of rotatable bonds is 3. The van der Waals surface area contributed by atoms with Gasteiger partial charge in [0.25, 0.3) is 0 Å². The molecule has 0 spiro atoms. The molecule has 1 N–H and O–H groups in total. The van der Waals surface area contributed by atoms with Gasteiger partial charge in [-0.1, -0.05) is 0 Å². The summed E-state index contributed by atoms with van der Waals surface area (Å²) in [4.78, 5) is 11.0. The molecule has 0 saturated carbocycles. The summed E-state index contributed by atoms with van der Waals surface area (Å²) in [5.74, 6) is -1.56. The number of hydrogen-bond acceptors (Lipinski definition) is 4. The number of carboxylic acid groups (broad SMARTS) is 1. The van der Waals surface area contributed by atoms with Crippen LogP contribution >= 0.6 is 0 Å². The highest BCUT2D eigenvalue weighted by Crippen LogP contribution is 2.23. The number of carbonyl (C=O) groups is 1. The SMILES string of the molecule is Cn1cc(S(=O)(=O)N2CCC[C@@H](C(=O)O)C2)cn1. The van der Waals surface area contributed by atoms with E-state index < -0.39 is 21.9 Å². The van der Waals surface area contributed by atoms with Gasteiger partial charge in [0, 0.05) is 26.3 Å². The van der Waals surface area contributed by atoms with Crippen LogP contribution in [0.5, 0.6) is 0 Å². The van der Waals surface area contributed by atoms with E-state index in [9.17, 15) is 13.2 Å². The van der Waals surface area contributed by atoms with Gasteiger partial charge in [0.2, 0.25) is 10.0 Å². The summed E-state index contributed by atoms with van der Waals surface area (Å²) in [7, 11) is -1.99. The molecule has 0 unspecified atom stereocenters. The number of piperidine rings is 1. The van der Waals surface area contributed by atoms with Crippen LogP contribution in [-0.4, -0.2) is 46.7 Å². The Bertz CT molecular complexity index is 551. The Morgan fingerprint density at radius 1 is 1.56 bits per heavy atom. The van der Waals surface area contributed by atoms with E-state index in [2.05, 4.69) is 5.10 Å².